The van der Waals surface area contributed by atoms with Gasteiger partial charge < -0.3 is 4.90 Å². The average molecular weight is 259 g/mol. The third-order valence-corrected chi connectivity index (χ3v) is 3.73. The smallest absolute Gasteiger partial charge is 0.133 e. The van der Waals surface area contributed by atoms with Crippen molar-refractivity contribution in [2.24, 2.45) is 0 Å². The molecule has 0 saturated carbocycles. The molecule has 0 aliphatic carbocycles. The van der Waals surface area contributed by atoms with E-state index >= 15 is 0 Å². The number of fused-ring (bicyclic) bond motifs is 1. The summed E-state index contributed by atoms with van der Waals surface area (Å²) in [6, 6.07) is 13.0. The molecule has 1 unspecified atom stereocenters. The highest BCUT2D eigenvalue weighted by Crippen LogP contribution is 2.37. The lowest BCUT2D eigenvalue weighted by molar-refractivity contribution is 0.750. The summed E-state index contributed by atoms with van der Waals surface area (Å²) in [5, 5.41) is 0. The van der Waals surface area contributed by atoms with E-state index in [9.17, 15) is 0 Å². The van der Waals surface area contributed by atoms with Crippen LogP contribution >= 0.6 is 11.6 Å². The van der Waals surface area contributed by atoms with Gasteiger partial charge in [-0.2, -0.15) is 0 Å². The lowest BCUT2D eigenvalue weighted by atomic mass is 10.1. The zero-order chi connectivity index (χ0) is 12.5. The SMILES string of the molecule is CC1Cc2ccccc2N1c1cc(CCl)ccn1. The maximum Gasteiger partial charge on any atom is 0.133 e. The van der Waals surface area contributed by atoms with Crippen LogP contribution in [0.5, 0.6) is 0 Å². The summed E-state index contributed by atoms with van der Waals surface area (Å²) >= 11 is 5.90. The fourth-order valence-corrected chi connectivity index (χ4v) is 2.76. The molecular formula is C15H15ClN2. The summed E-state index contributed by atoms with van der Waals surface area (Å²) in [5.74, 6) is 1.52. The van der Waals surface area contributed by atoms with Gasteiger partial charge in [-0.15, -0.1) is 11.6 Å². The lowest BCUT2D eigenvalue weighted by Gasteiger charge is -2.24. The Morgan fingerprint density at radius 3 is 3.00 bits per heavy atom. The molecule has 0 saturated heterocycles. The number of anilines is 2. The Hall–Kier alpha value is -1.54. The first-order valence-corrected chi connectivity index (χ1v) is 6.71. The predicted octanol–water partition coefficient (Wildman–Crippen LogP) is 3.90. The van der Waals surface area contributed by atoms with E-state index in [1.165, 1.54) is 11.3 Å². The first-order valence-electron chi connectivity index (χ1n) is 6.17. The van der Waals surface area contributed by atoms with Crippen molar-refractivity contribution in [2.45, 2.75) is 25.3 Å². The average Bonchev–Trinajstić information content (AvgIpc) is 2.74. The number of benzene rings is 1. The highest BCUT2D eigenvalue weighted by Gasteiger charge is 2.27. The van der Waals surface area contributed by atoms with E-state index in [0.717, 1.165) is 17.8 Å². The normalized spacial score (nSPS) is 17.9. The second kappa shape index (κ2) is 4.62. The van der Waals surface area contributed by atoms with Crippen LogP contribution in [0.2, 0.25) is 0 Å². The van der Waals surface area contributed by atoms with Gasteiger partial charge in [-0.25, -0.2) is 4.98 Å². The van der Waals surface area contributed by atoms with Crippen LogP contribution in [0.25, 0.3) is 0 Å². The molecule has 1 aliphatic heterocycles. The Bertz CT molecular complexity index is 568. The molecule has 2 nitrogen and oxygen atoms in total. The molecule has 1 aromatic carbocycles. The Morgan fingerprint density at radius 2 is 2.17 bits per heavy atom. The van der Waals surface area contributed by atoms with E-state index in [4.69, 9.17) is 11.6 Å². The first kappa shape index (κ1) is 11.5. The van der Waals surface area contributed by atoms with Gasteiger partial charge >= 0.3 is 0 Å². The molecule has 18 heavy (non-hydrogen) atoms. The third-order valence-electron chi connectivity index (χ3n) is 3.42. The number of halogens is 1. The summed E-state index contributed by atoms with van der Waals surface area (Å²) in [7, 11) is 0. The van der Waals surface area contributed by atoms with Crippen LogP contribution in [0.4, 0.5) is 11.5 Å². The van der Waals surface area contributed by atoms with Gasteiger partial charge in [0.05, 0.1) is 0 Å². The minimum atomic E-state index is 0.445. The number of rotatable bonds is 2. The van der Waals surface area contributed by atoms with Crippen molar-refractivity contribution in [3.05, 3.63) is 53.7 Å². The number of aromatic nitrogens is 1. The van der Waals surface area contributed by atoms with Crippen molar-refractivity contribution in [3.63, 3.8) is 0 Å². The van der Waals surface area contributed by atoms with Crippen LogP contribution in [0.1, 0.15) is 18.1 Å². The fourth-order valence-electron chi connectivity index (χ4n) is 2.59. The van der Waals surface area contributed by atoms with E-state index in [2.05, 4.69) is 47.1 Å². The summed E-state index contributed by atoms with van der Waals surface area (Å²) in [6.07, 6.45) is 2.91. The van der Waals surface area contributed by atoms with Crippen LogP contribution in [-0.4, -0.2) is 11.0 Å². The molecule has 0 spiro atoms. The second-order valence-corrected chi connectivity index (χ2v) is 4.98. The first-order chi connectivity index (χ1) is 8.79. The second-order valence-electron chi connectivity index (χ2n) is 4.71. The molecule has 3 rings (SSSR count). The van der Waals surface area contributed by atoms with Gasteiger partial charge in [-0.1, -0.05) is 18.2 Å². The summed E-state index contributed by atoms with van der Waals surface area (Å²) < 4.78 is 0. The van der Waals surface area contributed by atoms with Crippen LogP contribution in [0, 0.1) is 0 Å². The molecule has 0 N–H and O–H groups in total. The molecule has 2 aromatic rings. The van der Waals surface area contributed by atoms with Gasteiger partial charge in [-0.3, -0.25) is 0 Å². The topological polar surface area (TPSA) is 16.1 Å². The van der Waals surface area contributed by atoms with E-state index in [-0.39, 0.29) is 0 Å². The van der Waals surface area contributed by atoms with Crippen LogP contribution in [-0.2, 0) is 12.3 Å². The molecular weight excluding hydrogens is 244 g/mol. The summed E-state index contributed by atoms with van der Waals surface area (Å²) in [6.45, 7) is 2.23. The Labute approximate surface area is 112 Å². The molecule has 0 fully saturated rings. The highest BCUT2D eigenvalue weighted by molar-refractivity contribution is 6.17. The number of para-hydroxylation sites is 1. The van der Waals surface area contributed by atoms with Crippen molar-refractivity contribution >= 4 is 23.1 Å². The standard InChI is InChI=1S/C15H15ClN2/c1-11-8-13-4-2-3-5-14(13)18(11)15-9-12(10-16)6-7-17-15/h2-7,9,11H,8,10H2,1H3. The number of hydrogen-bond donors (Lipinski definition) is 0. The zero-order valence-corrected chi connectivity index (χ0v) is 11.1. The van der Waals surface area contributed by atoms with E-state index < -0.39 is 0 Å². The predicted molar refractivity (Wildman–Crippen MR) is 75.5 cm³/mol. The fraction of sp³-hybridized carbons (Fsp3) is 0.267. The van der Waals surface area contributed by atoms with Gasteiger partial charge in [0.25, 0.3) is 0 Å². The number of pyridine rings is 1. The molecule has 0 radical (unpaired) electrons. The maximum absolute atomic E-state index is 5.90. The van der Waals surface area contributed by atoms with Crippen molar-refractivity contribution in [3.8, 4) is 0 Å². The molecule has 2 heterocycles. The van der Waals surface area contributed by atoms with Crippen molar-refractivity contribution in [2.75, 3.05) is 4.90 Å². The Balaban J connectivity index is 2.06. The number of alkyl halides is 1. The molecule has 1 atom stereocenters. The van der Waals surface area contributed by atoms with Crippen LogP contribution in [0.15, 0.2) is 42.6 Å². The zero-order valence-electron chi connectivity index (χ0n) is 10.3. The van der Waals surface area contributed by atoms with Crippen LogP contribution < -0.4 is 4.90 Å². The van der Waals surface area contributed by atoms with Crippen molar-refractivity contribution in [1.82, 2.24) is 4.98 Å². The highest BCUT2D eigenvalue weighted by atomic mass is 35.5. The Morgan fingerprint density at radius 1 is 1.33 bits per heavy atom. The third kappa shape index (κ3) is 1.87. The number of hydrogen-bond acceptors (Lipinski definition) is 2. The van der Waals surface area contributed by atoms with E-state index in [0.29, 0.717) is 11.9 Å². The molecule has 3 heteroatoms. The van der Waals surface area contributed by atoms with Crippen molar-refractivity contribution < 1.29 is 0 Å². The minimum absolute atomic E-state index is 0.445. The lowest BCUT2D eigenvalue weighted by Crippen LogP contribution is -2.24. The van der Waals surface area contributed by atoms with Gasteiger partial charge in [0, 0.05) is 23.8 Å². The van der Waals surface area contributed by atoms with E-state index in [1.54, 1.807) is 0 Å². The van der Waals surface area contributed by atoms with Crippen LogP contribution in [0.3, 0.4) is 0 Å². The van der Waals surface area contributed by atoms with Gasteiger partial charge in [-0.05, 0) is 42.7 Å². The minimum Gasteiger partial charge on any atom is -0.323 e. The molecule has 1 aromatic heterocycles. The molecule has 0 bridgehead atoms. The van der Waals surface area contributed by atoms with E-state index in [1.807, 2.05) is 12.3 Å². The summed E-state index contributed by atoms with van der Waals surface area (Å²) in [5.41, 5.74) is 3.77. The van der Waals surface area contributed by atoms with Crippen molar-refractivity contribution in [1.29, 1.82) is 0 Å². The molecule has 1 aliphatic rings. The Kier molecular flexibility index (Phi) is 2.96. The number of nitrogens with zero attached hydrogens (tertiary/aromatic N) is 2. The monoisotopic (exact) mass is 258 g/mol. The largest absolute Gasteiger partial charge is 0.323 e. The maximum atomic E-state index is 5.90. The summed E-state index contributed by atoms with van der Waals surface area (Å²) in [4.78, 5) is 6.78. The van der Waals surface area contributed by atoms with Gasteiger partial charge in [0.1, 0.15) is 5.82 Å². The quantitative estimate of drug-likeness (QED) is 0.760. The molecule has 92 valence electrons. The van der Waals surface area contributed by atoms with Gasteiger partial charge in [0.15, 0.2) is 0 Å². The van der Waals surface area contributed by atoms with Gasteiger partial charge in [0.2, 0.25) is 0 Å². The molecule has 0 amide bonds.